The van der Waals surface area contributed by atoms with Crippen LogP contribution in [0.15, 0.2) is 47.4 Å². The molecule has 0 fully saturated rings. The second kappa shape index (κ2) is 7.57. The molecule has 2 aromatic carbocycles. The number of nitrogens with one attached hydrogen (secondary N) is 1. The number of hydrogen-bond acceptors (Lipinski definition) is 5. The Morgan fingerprint density at radius 1 is 1.19 bits per heavy atom. The Morgan fingerprint density at radius 3 is 2.26 bits per heavy atom. The van der Waals surface area contributed by atoms with E-state index < -0.39 is 33.9 Å². The lowest BCUT2D eigenvalue weighted by Crippen LogP contribution is -2.37. The van der Waals surface area contributed by atoms with E-state index in [2.05, 4.69) is 5.32 Å². The van der Waals surface area contributed by atoms with Crippen LogP contribution in [0.1, 0.15) is 18.1 Å². The number of nitro groups is 1. The first-order valence-corrected chi connectivity index (χ1v) is 8.73. The molecule has 10 heteroatoms. The number of carbonyl (C=O) groups excluding carboxylic acids is 1. The number of rotatable bonds is 5. The fourth-order valence-electron chi connectivity index (χ4n) is 2.30. The molecular weight excluding hydrogens is 385 g/mol. The summed E-state index contributed by atoms with van der Waals surface area (Å²) in [5.74, 6) is -0.971. The van der Waals surface area contributed by atoms with Crippen molar-refractivity contribution in [2.75, 3.05) is 11.6 Å². The summed E-state index contributed by atoms with van der Waals surface area (Å²) in [5.41, 5.74) is -4.71. The van der Waals surface area contributed by atoms with Gasteiger partial charge in [0.2, 0.25) is 0 Å². The first kappa shape index (κ1) is 20.7. The van der Waals surface area contributed by atoms with E-state index in [0.717, 1.165) is 11.0 Å². The number of nitro benzene ring substituents is 1. The Kier molecular flexibility index (Phi) is 5.81. The lowest BCUT2D eigenvalue weighted by Gasteiger charge is -2.23. The number of benzene rings is 2. The van der Waals surface area contributed by atoms with E-state index >= 15 is 0 Å². The van der Waals surface area contributed by atoms with Crippen LogP contribution in [0.5, 0.6) is 0 Å². The van der Waals surface area contributed by atoms with Crippen LogP contribution in [0.2, 0.25) is 0 Å². The predicted octanol–water partition coefficient (Wildman–Crippen LogP) is 4.18. The Bertz CT molecular complexity index is 867. The molecule has 27 heavy (non-hydrogen) atoms. The predicted molar refractivity (Wildman–Crippen MR) is 94.5 cm³/mol. The highest BCUT2D eigenvalue weighted by Gasteiger charge is 2.39. The fourth-order valence-corrected chi connectivity index (χ4v) is 2.71. The van der Waals surface area contributed by atoms with E-state index in [-0.39, 0.29) is 11.3 Å². The first-order chi connectivity index (χ1) is 12.5. The summed E-state index contributed by atoms with van der Waals surface area (Å²) >= 11 is 1.46. The molecule has 0 aliphatic rings. The van der Waals surface area contributed by atoms with Gasteiger partial charge in [0, 0.05) is 16.6 Å². The van der Waals surface area contributed by atoms with Gasteiger partial charge in [-0.3, -0.25) is 14.9 Å². The van der Waals surface area contributed by atoms with Crippen LogP contribution >= 0.6 is 11.8 Å². The van der Waals surface area contributed by atoms with Gasteiger partial charge in [0.1, 0.15) is 5.56 Å². The Balaban J connectivity index is 2.32. The number of anilines is 1. The van der Waals surface area contributed by atoms with Crippen molar-refractivity contribution in [1.82, 2.24) is 0 Å². The van der Waals surface area contributed by atoms with Crippen molar-refractivity contribution in [3.63, 3.8) is 0 Å². The minimum atomic E-state index is -4.97. The van der Waals surface area contributed by atoms with E-state index in [9.17, 15) is 33.2 Å². The van der Waals surface area contributed by atoms with Gasteiger partial charge in [-0.1, -0.05) is 12.1 Å². The SMILES string of the molecule is CSc1ccc(C(C)(O)C(=O)Nc2ccc([N+](=O)[O-])c(C(F)(F)F)c2)cc1. The molecule has 0 spiro atoms. The lowest BCUT2D eigenvalue weighted by atomic mass is 9.95. The Hall–Kier alpha value is -2.59. The second-order valence-corrected chi connectivity index (χ2v) is 6.62. The van der Waals surface area contributed by atoms with Gasteiger partial charge in [0.15, 0.2) is 5.60 Å². The monoisotopic (exact) mass is 400 g/mol. The van der Waals surface area contributed by atoms with Crippen LogP contribution in [0.4, 0.5) is 24.5 Å². The normalized spacial score (nSPS) is 13.7. The summed E-state index contributed by atoms with van der Waals surface area (Å²) in [4.78, 5) is 22.9. The highest BCUT2D eigenvalue weighted by atomic mass is 32.2. The minimum absolute atomic E-state index is 0.246. The molecule has 0 radical (unpaired) electrons. The summed E-state index contributed by atoms with van der Waals surface area (Å²) in [6, 6.07) is 8.52. The molecule has 2 aromatic rings. The molecule has 6 nitrogen and oxygen atoms in total. The molecule has 1 atom stereocenters. The highest BCUT2D eigenvalue weighted by Crippen LogP contribution is 2.38. The third kappa shape index (κ3) is 4.58. The first-order valence-electron chi connectivity index (χ1n) is 7.51. The molecule has 0 saturated carbocycles. The summed E-state index contributed by atoms with van der Waals surface area (Å²) in [7, 11) is 0. The number of nitrogens with zero attached hydrogens (tertiary/aromatic N) is 1. The van der Waals surface area contributed by atoms with Gasteiger partial charge in [-0.05, 0) is 43.0 Å². The molecule has 2 rings (SSSR count). The summed E-state index contributed by atoms with van der Waals surface area (Å²) in [6.07, 6.45) is -3.12. The van der Waals surface area contributed by atoms with Crippen LogP contribution in [0.25, 0.3) is 0 Å². The van der Waals surface area contributed by atoms with E-state index in [1.54, 1.807) is 12.1 Å². The molecule has 0 aliphatic heterocycles. The highest BCUT2D eigenvalue weighted by molar-refractivity contribution is 7.98. The average Bonchev–Trinajstić information content (AvgIpc) is 2.60. The number of thioether (sulfide) groups is 1. The van der Waals surface area contributed by atoms with Gasteiger partial charge in [0.25, 0.3) is 11.6 Å². The molecule has 1 unspecified atom stereocenters. The third-order valence-electron chi connectivity index (χ3n) is 3.85. The van der Waals surface area contributed by atoms with Gasteiger partial charge >= 0.3 is 6.18 Å². The maximum atomic E-state index is 13.0. The molecule has 0 aliphatic carbocycles. The Morgan fingerprint density at radius 2 is 1.78 bits per heavy atom. The topological polar surface area (TPSA) is 92.5 Å². The van der Waals surface area contributed by atoms with Crippen molar-refractivity contribution in [1.29, 1.82) is 0 Å². The Labute approximate surface area is 156 Å². The van der Waals surface area contributed by atoms with Crippen molar-refractivity contribution < 1.29 is 28.0 Å². The zero-order valence-electron chi connectivity index (χ0n) is 14.2. The zero-order chi connectivity index (χ0) is 20.4. The van der Waals surface area contributed by atoms with Crippen LogP contribution < -0.4 is 5.32 Å². The van der Waals surface area contributed by atoms with Gasteiger partial charge in [0.05, 0.1) is 4.92 Å². The maximum absolute atomic E-state index is 13.0. The van der Waals surface area contributed by atoms with Crippen molar-refractivity contribution in [3.05, 3.63) is 63.7 Å². The van der Waals surface area contributed by atoms with Gasteiger partial charge in [-0.15, -0.1) is 11.8 Å². The molecule has 2 N–H and O–H groups in total. The number of halogens is 3. The molecule has 0 aromatic heterocycles. The van der Waals surface area contributed by atoms with Crippen LogP contribution in [-0.2, 0) is 16.6 Å². The molecular formula is C17H15F3N2O4S. The van der Waals surface area contributed by atoms with Gasteiger partial charge in [-0.25, -0.2) is 0 Å². The van der Waals surface area contributed by atoms with Crippen molar-refractivity contribution in [2.45, 2.75) is 23.6 Å². The summed E-state index contributed by atoms with van der Waals surface area (Å²) in [6.45, 7) is 1.20. The number of carbonyl (C=O) groups is 1. The summed E-state index contributed by atoms with van der Waals surface area (Å²) in [5, 5.41) is 23.4. The standard InChI is InChI=1S/C17H15F3N2O4S/c1-16(24,10-3-6-12(27-2)7-4-10)15(23)21-11-5-8-14(22(25)26)13(9-11)17(18,19)20/h3-9,24H,1-2H3,(H,21,23). The van der Waals surface area contributed by atoms with Crippen LogP contribution in [0, 0.1) is 10.1 Å². The molecule has 0 heterocycles. The fraction of sp³-hybridized carbons (Fsp3) is 0.235. The number of aliphatic hydroxyl groups is 1. The maximum Gasteiger partial charge on any atom is 0.423 e. The number of alkyl halides is 3. The van der Waals surface area contributed by atoms with Crippen molar-refractivity contribution >= 4 is 29.0 Å². The molecule has 0 bridgehead atoms. The van der Waals surface area contributed by atoms with E-state index in [0.29, 0.717) is 12.1 Å². The van der Waals surface area contributed by atoms with Crippen LogP contribution in [0.3, 0.4) is 0 Å². The van der Waals surface area contributed by atoms with Crippen LogP contribution in [-0.4, -0.2) is 22.2 Å². The number of hydrogen-bond donors (Lipinski definition) is 2. The van der Waals surface area contributed by atoms with E-state index in [1.807, 2.05) is 6.26 Å². The van der Waals surface area contributed by atoms with E-state index in [4.69, 9.17) is 0 Å². The lowest BCUT2D eigenvalue weighted by molar-refractivity contribution is -0.388. The largest absolute Gasteiger partial charge is 0.423 e. The van der Waals surface area contributed by atoms with Gasteiger partial charge < -0.3 is 10.4 Å². The minimum Gasteiger partial charge on any atom is -0.376 e. The molecule has 144 valence electrons. The van der Waals surface area contributed by atoms with Gasteiger partial charge in [-0.2, -0.15) is 13.2 Å². The summed E-state index contributed by atoms with van der Waals surface area (Å²) < 4.78 is 39.1. The van der Waals surface area contributed by atoms with Crippen molar-refractivity contribution in [3.8, 4) is 0 Å². The second-order valence-electron chi connectivity index (χ2n) is 5.74. The van der Waals surface area contributed by atoms with Crippen molar-refractivity contribution in [2.24, 2.45) is 0 Å². The average molecular weight is 400 g/mol. The number of amides is 1. The third-order valence-corrected chi connectivity index (χ3v) is 4.59. The smallest absolute Gasteiger partial charge is 0.376 e. The molecule has 0 saturated heterocycles. The zero-order valence-corrected chi connectivity index (χ0v) is 15.0. The van der Waals surface area contributed by atoms with E-state index in [1.165, 1.54) is 30.8 Å². The quantitative estimate of drug-likeness (QED) is 0.446. The molecule has 1 amide bonds.